The molecular formula is C19H20BN+. The fourth-order valence-electron chi connectivity index (χ4n) is 2.69. The molecule has 3 aromatic rings. The quantitative estimate of drug-likeness (QED) is 0.490. The predicted octanol–water partition coefficient (Wildman–Crippen LogP) is 4.47. The first-order chi connectivity index (χ1) is 10.2. The highest BCUT2D eigenvalue weighted by atomic mass is 14.8. The average molecular weight is 273 g/mol. The Hall–Kier alpha value is -2.09. The number of allylic oxidation sites excluding steroid dienone is 1. The Morgan fingerprint density at radius 1 is 1.05 bits per heavy atom. The van der Waals surface area contributed by atoms with E-state index in [2.05, 4.69) is 93.4 Å². The van der Waals surface area contributed by atoms with E-state index in [4.69, 9.17) is 0 Å². The third-order valence-corrected chi connectivity index (χ3v) is 3.78. The molecule has 3 rings (SSSR count). The monoisotopic (exact) mass is 273 g/mol. The molecule has 0 fully saturated rings. The SMILES string of the molecule is C[B][n+]1cc2ccccc2c2cc(/C=C/C(C)C)ccc21. The van der Waals surface area contributed by atoms with Gasteiger partial charge in [0.15, 0.2) is 11.7 Å². The number of hydrogen-bond acceptors (Lipinski definition) is 0. The standard InChI is InChI=1S/C19H20BN/c1-14(2)8-9-15-10-11-19-18(12-15)17-7-5-4-6-16(17)13-21(19)20-3/h4-14H,1-3H3/q+1/b9-8+. The van der Waals surface area contributed by atoms with E-state index in [-0.39, 0.29) is 0 Å². The van der Waals surface area contributed by atoms with E-state index in [1.54, 1.807) is 0 Å². The van der Waals surface area contributed by atoms with Crippen LogP contribution in [-0.2, 0) is 0 Å². The van der Waals surface area contributed by atoms with Gasteiger partial charge in [-0.2, -0.15) is 0 Å². The minimum absolute atomic E-state index is 0.571. The highest BCUT2D eigenvalue weighted by Crippen LogP contribution is 2.24. The van der Waals surface area contributed by atoms with Crippen LogP contribution in [0.3, 0.4) is 0 Å². The molecule has 0 spiro atoms. The maximum absolute atomic E-state index is 2.29. The number of benzene rings is 2. The van der Waals surface area contributed by atoms with Gasteiger partial charge in [-0.15, -0.1) is 0 Å². The summed E-state index contributed by atoms with van der Waals surface area (Å²) in [5, 5.41) is 3.88. The average Bonchev–Trinajstić information content (AvgIpc) is 2.51. The number of hydrogen-bond donors (Lipinski definition) is 0. The van der Waals surface area contributed by atoms with Crippen molar-refractivity contribution in [2.45, 2.75) is 20.7 Å². The lowest BCUT2D eigenvalue weighted by Gasteiger charge is -2.05. The summed E-state index contributed by atoms with van der Waals surface area (Å²) >= 11 is 0. The van der Waals surface area contributed by atoms with Gasteiger partial charge in [0.05, 0.1) is 5.39 Å². The first-order valence-electron chi connectivity index (χ1n) is 7.53. The smallest absolute Gasteiger partial charge is 0.284 e. The second-order valence-electron chi connectivity index (χ2n) is 5.76. The zero-order valence-electron chi connectivity index (χ0n) is 12.9. The predicted molar refractivity (Wildman–Crippen MR) is 92.5 cm³/mol. The van der Waals surface area contributed by atoms with Gasteiger partial charge in [0.2, 0.25) is 0 Å². The molecule has 0 bridgehead atoms. The molecule has 0 aliphatic heterocycles. The van der Waals surface area contributed by atoms with E-state index in [9.17, 15) is 0 Å². The Bertz CT molecular complexity index is 818. The van der Waals surface area contributed by atoms with Crippen LogP contribution in [0.1, 0.15) is 19.4 Å². The molecule has 0 atom stereocenters. The molecule has 2 heteroatoms. The molecule has 0 amide bonds. The second kappa shape index (κ2) is 5.73. The van der Waals surface area contributed by atoms with Crippen LogP contribution in [0.4, 0.5) is 0 Å². The van der Waals surface area contributed by atoms with E-state index in [1.165, 1.54) is 27.2 Å². The van der Waals surface area contributed by atoms with Crippen molar-refractivity contribution in [2.75, 3.05) is 0 Å². The van der Waals surface area contributed by atoms with Crippen LogP contribution in [0.5, 0.6) is 0 Å². The number of fused-ring (bicyclic) bond motifs is 3. The van der Waals surface area contributed by atoms with Crippen LogP contribution in [0.15, 0.2) is 54.7 Å². The normalized spacial score (nSPS) is 11.8. The molecule has 1 radical (unpaired) electrons. The van der Waals surface area contributed by atoms with Crippen molar-refractivity contribution in [2.24, 2.45) is 5.92 Å². The van der Waals surface area contributed by atoms with Gasteiger partial charge in [-0.05, 0) is 36.5 Å². The molecular weight excluding hydrogens is 253 g/mol. The largest absolute Gasteiger partial charge is 0.536 e. The van der Waals surface area contributed by atoms with E-state index < -0.39 is 0 Å². The summed E-state index contributed by atoms with van der Waals surface area (Å²) in [5.41, 5.74) is 2.51. The third-order valence-electron chi connectivity index (χ3n) is 3.78. The third kappa shape index (κ3) is 2.71. The van der Waals surface area contributed by atoms with E-state index in [0.29, 0.717) is 5.92 Å². The lowest BCUT2D eigenvalue weighted by atomic mass is 9.94. The maximum atomic E-state index is 2.29. The van der Waals surface area contributed by atoms with Crippen LogP contribution in [0, 0.1) is 5.92 Å². The van der Waals surface area contributed by atoms with Crippen LogP contribution in [0.2, 0.25) is 6.82 Å². The topological polar surface area (TPSA) is 3.88 Å². The Balaban J connectivity index is 2.29. The van der Waals surface area contributed by atoms with Crippen LogP contribution in [-0.4, -0.2) is 7.41 Å². The molecule has 0 aliphatic carbocycles. The highest BCUT2D eigenvalue weighted by molar-refractivity contribution is 6.23. The van der Waals surface area contributed by atoms with Crippen molar-refractivity contribution in [1.29, 1.82) is 0 Å². The number of rotatable bonds is 3. The van der Waals surface area contributed by atoms with Crippen molar-refractivity contribution in [3.63, 3.8) is 0 Å². The van der Waals surface area contributed by atoms with Gasteiger partial charge in [-0.3, -0.25) is 4.48 Å². The molecule has 21 heavy (non-hydrogen) atoms. The van der Waals surface area contributed by atoms with Crippen molar-refractivity contribution in [3.05, 3.63) is 60.3 Å². The summed E-state index contributed by atoms with van der Waals surface area (Å²) < 4.78 is 2.20. The number of pyridine rings is 1. The molecule has 2 aromatic carbocycles. The van der Waals surface area contributed by atoms with E-state index >= 15 is 0 Å². The summed E-state index contributed by atoms with van der Waals surface area (Å²) in [6.45, 7) is 6.47. The van der Waals surface area contributed by atoms with Crippen molar-refractivity contribution in [3.8, 4) is 0 Å². The highest BCUT2D eigenvalue weighted by Gasteiger charge is 2.12. The van der Waals surface area contributed by atoms with Crippen LogP contribution in [0.25, 0.3) is 27.8 Å². The molecule has 103 valence electrons. The zero-order chi connectivity index (χ0) is 14.8. The Kier molecular flexibility index (Phi) is 3.79. The van der Waals surface area contributed by atoms with Gasteiger partial charge in [-0.25, -0.2) is 0 Å². The fourth-order valence-corrected chi connectivity index (χ4v) is 2.69. The summed E-state index contributed by atoms with van der Waals surface area (Å²) in [6.07, 6.45) is 6.65. The van der Waals surface area contributed by atoms with Crippen LogP contribution < -0.4 is 4.48 Å². The molecule has 0 unspecified atom stereocenters. The van der Waals surface area contributed by atoms with Crippen molar-refractivity contribution >= 4 is 35.2 Å². The number of nitrogens with zero attached hydrogens (tertiary/aromatic N) is 1. The van der Waals surface area contributed by atoms with Gasteiger partial charge in [-0.1, -0.05) is 44.2 Å². The lowest BCUT2D eigenvalue weighted by Crippen LogP contribution is -2.38. The van der Waals surface area contributed by atoms with Gasteiger partial charge in [0.25, 0.3) is 0 Å². The summed E-state index contributed by atoms with van der Waals surface area (Å²) in [4.78, 5) is 0. The molecule has 0 saturated heterocycles. The zero-order valence-corrected chi connectivity index (χ0v) is 12.9. The molecule has 1 nitrogen and oxygen atoms in total. The fraction of sp³-hybridized carbons (Fsp3) is 0.211. The van der Waals surface area contributed by atoms with E-state index in [1.807, 2.05) is 0 Å². The Labute approximate surface area is 127 Å². The lowest BCUT2D eigenvalue weighted by molar-refractivity contribution is -0.496. The maximum Gasteiger partial charge on any atom is 0.536 e. The Morgan fingerprint density at radius 3 is 2.62 bits per heavy atom. The van der Waals surface area contributed by atoms with Gasteiger partial charge in [0, 0.05) is 16.8 Å². The molecule has 1 heterocycles. The second-order valence-corrected chi connectivity index (χ2v) is 5.76. The van der Waals surface area contributed by atoms with Gasteiger partial charge in [0.1, 0.15) is 0 Å². The Morgan fingerprint density at radius 2 is 1.86 bits per heavy atom. The summed E-state index contributed by atoms with van der Waals surface area (Å²) in [5.74, 6) is 0.571. The minimum Gasteiger partial charge on any atom is -0.284 e. The van der Waals surface area contributed by atoms with Gasteiger partial charge < -0.3 is 0 Å². The first-order valence-corrected chi connectivity index (χ1v) is 7.53. The molecule has 0 saturated carbocycles. The van der Waals surface area contributed by atoms with E-state index in [0.717, 1.165) is 0 Å². The summed E-state index contributed by atoms with van der Waals surface area (Å²) in [6, 6.07) is 15.3. The minimum atomic E-state index is 0.571. The van der Waals surface area contributed by atoms with Gasteiger partial charge >= 0.3 is 7.41 Å². The molecule has 0 aliphatic rings. The van der Waals surface area contributed by atoms with Crippen molar-refractivity contribution < 1.29 is 4.48 Å². The van der Waals surface area contributed by atoms with Crippen LogP contribution >= 0.6 is 0 Å². The van der Waals surface area contributed by atoms with Crippen molar-refractivity contribution in [1.82, 2.24) is 0 Å². The molecule has 1 aromatic heterocycles. The summed E-state index contributed by atoms with van der Waals surface area (Å²) in [7, 11) is 2.11. The number of aromatic nitrogens is 1. The molecule has 0 N–H and O–H groups in total. The first kappa shape index (κ1) is 13.9.